The summed E-state index contributed by atoms with van der Waals surface area (Å²) in [6.07, 6.45) is 6.29. The van der Waals surface area contributed by atoms with Crippen molar-refractivity contribution in [1.82, 2.24) is 20.1 Å². The van der Waals surface area contributed by atoms with E-state index in [-0.39, 0.29) is 0 Å². The summed E-state index contributed by atoms with van der Waals surface area (Å²) in [5, 5.41) is 7.68. The number of nitrogens with one attached hydrogen (secondary N) is 4. The standard InChI is InChI=1S/C6H16N2S4.C5H14N2S3/c1-9-6-11-8-4-3-7-5-12-10-2;1-3-9-7-4-6-5-10-8-2/h7-8H,3-6H2,1-2H3;6-7H,3-5H2,1-2H3. The minimum Gasteiger partial charge on any atom is -0.306 e. The van der Waals surface area contributed by atoms with Crippen LogP contribution in [0.5, 0.6) is 0 Å². The van der Waals surface area contributed by atoms with Crippen LogP contribution in [0.25, 0.3) is 0 Å². The van der Waals surface area contributed by atoms with Crippen molar-refractivity contribution >= 4 is 78.8 Å². The third-order valence-electron chi connectivity index (χ3n) is 1.68. The molecule has 0 aromatic heterocycles. The number of hydrogen-bond donors (Lipinski definition) is 4. The highest BCUT2D eigenvalue weighted by Gasteiger charge is 1.87. The van der Waals surface area contributed by atoms with Crippen LogP contribution in [0.1, 0.15) is 6.92 Å². The molecule has 0 aliphatic rings. The van der Waals surface area contributed by atoms with Crippen molar-refractivity contribution in [1.29, 1.82) is 0 Å². The fourth-order valence-corrected chi connectivity index (χ4v) is 4.16. The first-order valence-corrected chi connectivity index (χ1v) is 15.6. The molecule has 0 heterocycles. The molecule has 0 rings (SSSR count). The van der Waals surface area contributed by atoms with Gasteiger partial charge < -0.3 is 5.32 Å². The molecule has 0 aromatic rings. The summed E-state index contributed by atoms with van der Waals surface area (Å²) < 4.78 is 6.46. The van der Waals surface area contributed by atoms with Crippen molar-refractivity contribution < 1.29 is 0 Å². The zero-order chi connectivity index (χ0) is 16.7. The van der Waals surface area contributed by atoms with E-state index >= 15 is 0 Å². The van der Waals surface area contributed by atoms with Gasteiger partial charge in [0.1, 0.15) is 0 Å². The van der Waals surface area contributed by atoms with Crippen molar-refractivity contribution in [2.45, 2.75) is 6.92 Å². The molecule has 0 aromatic carbocycles. The van der Waals surface area contributed by atoms with E-state index in [0.717, 1.165) is 42.3 Å². The number of hydrogen-bond acceptors (Lipinski definition) is 11. The quantitative estimate of drug-likeness (QED) is 0.122. The van der Waals surface area contributed by atoms with Crippen LogP contribution < -0.4 is 20.1 Å². The molecule has 0 atom stereocenters. The Morgan fingerprint density at radius 2 is 1.45 bits per heavy atom. The highest BCUT2D eigenvalue weighted by atomic mass is 33.1. The predicted octanol–water partition coefficient (Wildman–Crippen LogP) is 3.86. The van der Waals surface area contributed by atoms with E-state index in [1.807, 2.05) is 33.3 Å². The minimum absolute atomic E-state index is 0.895. The Balaban J connectivity index is 0. The van der Waals surface area contributed by atoms with Crippen molar-refractivity contribution in [2.24, 2.45) is 0 Å². The van der Waals surface area contributed by atoms with Crippen molar-refractivity contribution in [3.8, 4) is 0 Å². The van der Waals surface area contributed by atoms with E-state index in [4.69, 9.17) is 0 Å². The summed E-state index contributed by atoms with van der Waals surface area (Å²) in [5.41, 5.74) is 0. The van der Waals surface area contributed by atoms with Crippen molar-refractivity contribution in [2.75, 3.05) is 61.1 Å². The molecule has 0 fully saturated rings. The van der Waals surface area contributed by atoms with Crippen molar-refractivity contribution in [3.05, 3.63) is 0 Å². The normalized spacial score (nSPS) is 10.4. The van der Waals surface area contributed by atoms with Gasteiger partial charge in [-0.2, -0.15) is 11.8 Å². The molecule has 0 bridgehead atoms. The first-order valence-electron chi connectivity index (χ1n) is 6.74. The molecule has 4 nitrogen and oxygen atoms in total. The van der Waals surface area contributed by atoms with E-state index < -0.39 is 0 Å². The van der Waals surface area contributed by atoms with Gasteiger partial charge in [0, 0.05) is 18.8 Å². The maximum absolute atomic E-state index is 3.32. The number of thioether (sulfide) groups is 1. The lowest BCUT2D eigenvalue weighted by atomic mass is 10.7. The SMILES string of the molecule is CCSNCNCSSC.CSCSNCCNCSSC. The average molecular weight is 443 g/mol. The minimum atomic E-state index is 0.895. The lowest BCUT2D eigenvalue weighted by molar-refractivity contribution is 0.763. The Bertz CT molecular complexity index is 165. The first kappa shape index (κ1) is 26.5. The molecule has 0 saturated carbocycles. The topological polar surface area (TPSA) is 48.1 Å². The van der Waals surface area contributed by atoms with E-state index in [2.05, 4.69) is 45.8 Å². The first-order chi connectivity index (χ1) is 10.8. The fraction of sp³-hybridized carbons (Fsp3) is 1.00. The van der Waals surface area contributed by atoms with E-state index in [9.17, 15) is 0 Å². The maximum atomic E-state index is 3.32. The molecule has 0 unspecified atom stereocenters. The van der Waals surface area contributed by atoms with E-state index in [0.29, 0.717) is 0 Å². The van der Waals surface area contributed by atoms with Crippen LogP contribution in [-0.4, -0.2) is 61.1 Å². The molecule has 0 saturated heterocycles. The molecular formula is C11H30N4S7. The van der Waals surface area contributed by atoms with Gasteiger partial charge >= 0.3 is 0 Å². The Morgan fingerprint density at radius 3 is 2.05 bits per heavy atom. The molecule has 0 spiro atoms. The summed E-state index contributed by atoms with van der Waals surface area (Å²) >= 11 is 5.36. The fourth-order valence-electron chi connectivity index (χ4n) is 0.841. The molecule has 136 valence electrons. The smallest absolute Gasteiger partial charge is 0.0558 e. The van der Waals surface area contributed by atoms with Crippen LogP contribution >= 0.6 is 78.8 Å². The molecule has 0 aliphatic carbocycles. The van der Waals surface area contributed by atoms with Gasteiger partial charge in [-0.05, 0) is 18.8 Å². The van der Waals surface area contributed by atoms with E-state index in [1.165, 1.54) is 0 Å². The van der Waals surface area contributed by atoms with Crippen LogP contribution in [-0.2, 0) is 0 Å². The highest BCUT2D eigenvalue weighted by molar-refractivity contribution is 8.76. The van der Waals surface area contributed by atoms with Crippen LogP contribution in [0.4, 0.5) is 0 Å². The van der Waals surface area contributed by atoms with Gasteiger partial charge in [0.25, 0.3) is 0 Å². The molecular weight excluding hydrogens is 413 g/mol. The second-order valence-corrected chi connectivity index (χ2v) is 11.7. The molecule has 0 amide bonds. The Morgan fingerprint density at radius 1 is 0.773 bits per heavy atom. The highest BCUT2D eigenvalue weighted by Crippen LogP contribution is 2.14. The lowest BCUT2D eigenvalue weighted by Crippen LogP contribution is -2.23. The summed E-state index contributed by atoms with van der Waals surface area (Å²) in [6, 6.07) is 0. The molecule has 11 heteroatoms. The van der Waals surface area contributed by atoms with Gasteiger partial charge in [0.05, 0.1) is 23.5 Å². The Labute approximate surface area is 166 Å². The lowest BCUT2D eigenvalue weighted by Gasteiger charge is -2.03. The average Bonchev–Trinajstić information content (AvgIpc) is 2.54. The summed E-state index contributed by atoms with van der Waals surface area (Å²) in [6.45, 7) is 5.12. The third-order valence-corrected chi connectivity index (χ3v) is 7.38. The largest absolute Gasteiger partial charge is 0.306 e. The molecule has 22 heavy (non-hydrogen) atoms. The van der Waals surface area contributed by atoms with Crippen LogP contribution in [0, 0.1) is 0 Å². The third kappa shape index (κ3) is 30.2. The van der Waals surface area contributed by atoms with E-state index in [1.54, 1.807) is 45.5 Å². The van der Waals surface area contributed by atoms with Crippen LogP contribution in [0.15, 0.2) is 0 Å². The van der Waals surface area contributed by atoms with Gasteiger partial charge in [-0.3, -0.25) is 14.8 Å². The molecule has 0 aliphatic heterocycles. The Kier molecular flexibility index (Phi) is 33.9. The maximum Gasteiger partial charge on any atom is 0.0558 e. The zero-order valence-corrected chi connectivity index (χ0v) is 19.5. The van der Waals surface area contributed by atoms with Gasteiger partial charge in [-0.1, -0.05) is 74.0 Å². The van der Waals surface area contributed by atoms with Crippen molar-refractivity contribution in [3.63, 3.8) is 0 Å². The molecule has 0 radical (unpaired) electrons. The predicted molar refractivity (Wildman–Crippen MR) is 123 cm³/mol. The summed E-state index contributed by atoms with van der Waals surface area (Å²) in [4.78, 5) is 0. The molecule has 4 N–H and O–H groups in total. The second kappa shape index (κ2) is 28.1. The summed E-state index contributed by atoms with van der Waals surface area (Å²) in [5.74, 6) is 3.17. The number of rotatable bonds is 16. The van der Waals surface area contributed by atoms with Gasteiger partial charge in [-0.25, -0.2) is 0 Å². The Hall–Kier alpha value is 2.29. The van der Waals surface area contributed by atoms with Gasteiger partial charge in [-0.15, -0.1) is 0 Å². The van der Waals surface area contributed by atoms with Crippen LogP contribution in [0.2, 0.25) is 0 Å². The van der Waals surface area contributed by atoms with Crippen LogP contribution in [0.3, 0.4) is 0 Å². The summed E-state index contributed by atoms with van der Waals surface area (Å²) in [7, 11) is 7.25. The monoisotopic (exact) mass is 442 g/mol. The second-order valence-electron chi connectivity index (χ2n) is 3.31. The van der Waals surface area contributed by atoms with Gasteiger partial charge in [0.2, 0.25) is 0 Å². The zero-order valence-electron chi connectivity index (χ0n) is 13.8. The van der Waals surface area contributed by atoms with Gasteiger partial charge in [0.15, 0.2) is 0 Å².